The lowest BCUT2D eigenvalue weighted by atomic mass is 10.1. The lowest BCUT2D eigenvalue weighted by Gasteiger charge is -2.19. The second-order valence-electron chi connectivity index (χ2n) is 6.40. The van der Waals surface area contributed by atoms with Crippen molar-refractivity contribution >= 4 is 17.6 Å². The van der Waals surface area contributed by atoms with Crippen LogP contribution < -0.4 is 15.5 Å². The predicted molar refractivity (Wildman–Crippen MR) is 106 cm³/mol. The highest BCUT2D eigenvalue weighted by atomic mass is 16.2. The van der Waals surface area contributed by atoms with Gasteiger partial charge in [0.2, 0.25) is 5.91 Å². The number of hydrogen-bond acceptors (Lipinski definition) is 2. The topological polar surface area (TPSA) is 56.7 Å². The molecule has 0 radical (unpaired) electrons. The van der Waals surface area contributed by atoms with E-state index >= 15 is 0 Å². The summed E-state index contributed by atoms with van der Waals surface area (Å²) in [5.41, 5.74) is 3.42. The molecule has 0 saturated carbocycles. The maximum atomic E-state index is 12.6. The fourth-order valence-electron chi connectivity index (χ4n) is 3.18. The molecule has 0 fully saturated rings. The van der Waals surface area contributed by atoms with Gasteiger partial charge in [-0.1, -0.05) is 48.5 Å². The average Bonchev–Trinajstić information content (AvgIpc) is 3.11. The van der Waals surface area contributed by atoms with E-state index < -0.39 is 0 Å². The molecule has 1 aliphatic rings. The van der Waals surface area contributed by atoms with Crippen LogP contribution in [0.3, 0.4) is 0 Å². The Hall–Kier alpha value is -2.82. The van der Waals surface area contributed by atoms with Crippen LogP contribution in [0.2, 0.25) is 0 Å². The van der Waals surface area contributed by atoms with E-state index in [1.807, 2.05) is 48.2 Å². The van der Waals surface area contributed by atoms with Crippen molar-refractivity contribution in [3.05, 3.63) is 65.7 Å². The fraction of sp³-hybridized carbons (Fsp3) is 0.333. The van der Waals surface area contributed by atoms with Crippen LogP contribution in [-0.4, -0.2) is 31.5 Å². The van der Waals surface area contributed by atoms with Crippen molar-refractivity contribution in [3.8, 4) is 0 Å². The van der Waals surface area contributed by atoms with Gasteiger partial charge in [-0.25, -0.2) is 4.99 Å². The first-order valence-electron chi connectivity index (χ1n) is 9.17. The summed E-state index contributed by atoms with van der Waals surface area (Å²) in [6.45, 7) is 5.71. The summed E-state index contributed by atoms with van der Waals surface area (Å²) in [5, 5.41) is 6.58. The molecule has 5 heteroatoms. The Morgan fingerprint density at radius 2 is 1.88 bits per heavy atom. The van der Waals surface area contributed by atoms with Crippen molar-refractivity contribution in [1.29, 1.82) is 0 Å². The highest BCUT2D eigenvalue weighted by Gasteiger charge is 2.23. The van der Waals surface area contributed by atoms with Crippen LogP contribution in [-0.2, 0) is 11.2 Å². The molecule has 1 heterocycles. The maximum absolute atomic E-state index is 12.6. The number of nitrogens with zero attached hydrogens (tertiary/aromatic N) is 2. The Kier molecular flexibility index (Phi) is 5.89. The summed E-state index contributed by atoms with van der Waals surface area (Å²) in [6, 6.07) is 18.4. The van der Waals surface area contributed by atoms with Crippen molar-refractivity contribution in [1.82, 2.24) is 10.6 Å². The van der Waals surface area contributed by atoms with E-state index in [-0.39, 0.29) is 18.5 Å². The molecule has 5 nitrogen and oxygen atoms in total. The number of amides is 1. The minimum atomic E-state index is 0.0273. The number of hydrogen-bond donors (Lipinski definition) is 2. The zero-order valence-corrected chi connectivity index (χ0v) is 15.4. The second-order valence-corrected chi connectivity index (χ2v) is 6.40. The molecule has 0 saturated heterocycles. The van der Waals surface area contributed by atoms with Crippen LogP contribution in [0, 0.1) is 0 Å². The van der Waals surface area contributed by atoms with Crippen molar-refractivity contribution in [2.24, 2.45) is 4.99 Å². The monoisotopic (exact) mass is 350 g/mol. The highest BCUT2D eigenvalue weighted by molar-refractivity contribution is 5.98. The molecular formula is C21H26N4O. The normalized spacial score (nSPS) is 14.7. The third kappa shape index (κ3) is 4.23. The van der Waals surface area contributed by atoms with Crippen LogP contribution in [0.25, 0.3) is 0 Å². The highest BCUT2D eigenvalue weighted by Crippen LogP contribution is 2.27. The SMILES string of the molecule is CCNC(=NCC(=O)N1CCc2ccccc21)NC(C)c1ccccc1. The number of fused-ring (bicyclic) bond motifs is 1. The quantitative estimate of drug-likeness (QED) is 0.644. The molecule has 136 valence electrons. The molecule has 2 N–H and O–H groups in total. The lowest BCUT2D eigenvalue weighted by molar-refractivity contribution is -0.117. The van der Waals surface area contributed by atoms with Gasteiger partial charge in [-0.2, -0.15) is 0 Å². The van der Waals surface area contributed by atoms with Gasteiger partial charge in [0.05, 0.1) is 6.04 Å². The predicted octanol–water partition coefficient (Wildman–Crippen LogP) is 2.89. The van der Waals surface area contributed by atoms with E-state index in [0.29, 0.717) is 5.96 Å². The average molecular weight is 350 g/mol. The van der Waals surface area contributed by atoms with Gasteiger partial charge in [0.25, 0.3) is 0 Å². The molecule has 1 unspecified atom stereocenters. The summed E-state index contributed by atoms with van der Waals surface area (Å²) in [4.78, 5) is 19.0. The second kappa shape index (κ2) is 8.52. The fourth-order valence-corrected chi connectivity index (χ4v) is 3.18. The van der Waals surface area contributed by atoms with Gasteiger partial charge in [0, 0.05) is 18.8 Å². The molecule has 26 heavy (non-hydrogen) atoms. The standard InChI is InChI=1S/C21H26N4O/c1-3-22-21(24-16(2)17-9-5-4-6-10-17)23-15-20(26)25-14-13-18-11-7-8-12-19(18)25/h4-12,16H,3,13-15H2,1-2H3,(H2,22,23,24). The molecule has 1 atom stereocenters. The minimum Gasteiger partial charge on any atom is -0.357 e. The first-order valence-corrected chi connectivity index (χ1v) is 9.17. The third-order valence-corrected chi connectivity index (χ3v) is 4.56. The number of para-hydroxylation sites is 1. The van der Waals surface area contributed by atoms with Crippen molar-refractivity contribution in [2.45, 2.75) is 26.3 Å². The number of carbonyl (C=O) groups excluding carboxylic acids is 1. The molecule has 0 aliphatic carbocycles. The number of rotatable bonds is 5. The van der Waals surface area contributed by atoms with Gasteiger partial charge in [-0.3, -0.25) is 4.79 Å². The first-order chi connectivity index (χ1) is 12.7. The molecule has 1 aliphatic heterocycles. The maximum Gasteiger partial charge on any atom is 0.248 e. The Bertz CT molecular complexity index is 773. The number of nitrogens with one attached hydrogen (secondary N) is 2. The summed E-state index contributed by atoms with van der Waals surface area (Å²) in [5.74, 6) is 0.684. The van der Waals surface area contributed by atoms with Gasteiger partial charge in [-0.05, 0) is 37.5 Å². The van der Waals surface area contributed by atoms with E-state index in [2.05, 4.69) is 40.7 Å². The first kappa shape index (κ1) is 18.0. The van der Waals surface area contributed by atoms with Crippen molar-refractivity contribution in [2.75, 3.05) is 24.5 Å². The number of benzene rings is 2. The zero-order chi connectivity index (χ0) is 18.4. The third-order valence-electron chi connectivity index (χ3n) is 4.56. The number of aliphatic imine (C=N–C) groups is 1. The van der Waals surface area contributed by atoms with E-state index in [4.69, 9.17) is 0 Å². The Balaban J connectivity index is 1.65. The van der Waals surface area contributed by atoms with Crippen molar-refractivity contribution < 1.29 is 4.79 Å². The summed E-state index contributed by atoms with van der Waals surface area (Å²) < 4.78 is 0. The van der Waals surface area contributed by atoms with E-state index in [0.717, 1.165) is 25.2 Å². The van der Waals surface area contributed by atoms with Gasteiger partial charge in [-0.15, -0.1) is 0 Å². The largest absolute Gasteiger partial charge is 0.357 e. The Labute approximate surface area is 155 Å². The van der Waals surface area contributed by atoms with Gasteiger partial charge < -0.3 is 15.5 Å². The molecule has 3 rings (SSSR count). The van der Waals surface area contributed by atoms with Gasteiger partial charge in [0.1, 0.15) is 6.54 Å². The van der Waals surface area contributed by atoms with E-state index in [1.54, 1.807) is 0 Å². The molecule has 0 aromatic heterocycles. The van der Waals surface area contributed by atoms with Crippen LogP contribution in [0.5, 0.6) is 0 Å². The molecule has 0 bridgehead atoms. The molecular weight excluding hydrogens is 324 g/mol. The van der Waals surface area contributed by atoms with Gasteiger partial charge >= 0.3 is 0 Å². The van der Waals surface area contributed by atoms with E-state index in [1.165, 1.54) is 11.1 Å². The molecule has 2 aromatic rings. The van der Waals surface area contributed by atoms with E-state index in [9.17, 15) is 4.79 Å². The number of guanidine groups is 1. The van der Waals surface area contributed by atoms with Crippen LogP contribution in [0.1, 0.15) is 31.0 Å². The smallest absolute Gasteiger partial charge is 0.248 e. The van der Waals surface area contributed by atoms with Crippen LogP contribution in [0.4, 0.5) is 5.69 Å². The number of anilines is 1. The molecule has 2 aromatic carbocycles. The zero-order valence-electron chi connectivity index (χ0n) is 15.4. The lowest BCUT2D eigenvalue weighted by Crippen LogP contribution is -2.40. The summed E-state index contributed by atoms with van der Waals surface area (Å²) in [6.07, 6.45) is 0.912. The minimum absolute atomic E-state index is 0.0273. The van der Waals surface area contributed by atoms with Crippen molar-refractivity contribution in [3.63, 3.8) is 0 Å². The molecule has 0 spiro atoms. The van der Waals surface area contributed by atoms with Gasteiger partial charge in [0.15, 0.2) is 5.96 Å². The number of carbonyl (C=O) groups is 1. The summed E-state index contributed by atoms with van der Waals surface area (Å²) in [7, 11) is 0. The van der Waals surface area contributed by atoms with Crippen LogP contribution >= 0.6 is 0 Å². The summed E-state index contributed by atoms with van der Waals surface area (Å²) >= 11 is 0. The Morgan fingerprint density at radius 1 is 1.15 bits per heavy atom. The Morgan fingerprint density at radius 3 is 2.65 bits per heavy atom. The van der Waals surface area contributed by atoms with Crippen LogP contribution in [0.15, 0.2) is 59.6 Å². The molecule has 1 amide bonds.